The van der Waals surface area contributed by atoms with E-state index in [1.54, 1.807) is 12.2 Å². The lowest BCUT2D eigenvalue weighted by Gasteiger charge is -2.07. The van der Waals surface area contributed by atoms with Gasteiger partial charge in [0.1, 0.15) is 0 Å². The monoisotopic (exact) mass is 212 g/mol. The Kier molecular flexibility index (Phi) is 3.35. The zero-order valence-corrected chi connectivity index (χ0v) is 8.31. The number of alkyl halides is 3. The van der Waals surface area contributed by atoms with Crippen molar-refractivity contribution in [3.05, 3.63) is 54.1 Å². The molecule has 15 heavy (non-hydrogen) atoms. The van der Waals surface area contributed by atoms with Crippen molar-refractivity contribution in [2.45, 2.75) is 13.1 Å². The van der Waals surface area contributed by atoms with Crippen molar-refractivity contribution < 1.29 is 13.2 Å². The number of hydrogen-bond acceptors (Lipinski definition) is 0. The summed E-state index contributed by atoms with van der Waals surface area (Å²) < 4.78 is 36.7. The van der Waals surface area contributed by atoms with Gasteiger partial charge in [0.25, 0.3) is 0 Å². The molecule has 0 aliphatic rings. The number of benzene rings is 1. The zero-order valence-electron chi connectivity index (χ0n) is 8.31. The number of halogens is 3. The summed E-state index contributed by atoms with van der Waals surface area (Å²) in [5.74, 6) is 0. The zero-order chi connectivity index (χ0) is 11.5. The van der Waals surface area contributed by atoms with Crippen LogP contribution in [0.3, 0.4) is 0 Å². The molecule has 0 fully saturated rings. The van der Waals surface area contributed by atoms with Crippen LogP contribution in [0.2, 0.25) is 0 Å². The van der Waals surface area contributed by atoms with Gasteiger partial charge < -0.3 is 0 Å². The van der Waals surface area contributed by atoms with Gasteiger partial charge in [-0.15, -0.1) is 0 Å². The van der Waals surface area contributed by atoms with Crippen molar-refractivity contribution in [1.82, 2.24) is 0 Å². The standard InChI is InChI=1S/C12H11F3/c1-3-4-9(2)10-5-7-11(8-6-10)12(13,14)15/h3-8H,2H2,1H3/b4-3-. The molecule has 0 heterocycles. The molecule has 0 aliphatic heterocycles. The second-order valence-corrected chi connectivity index (χ2v) is 3.10. The van der Waals surface area contributed by atoms with Crippen molar-refractivity contribution >= 4 is 5.57 Å². The molecule has 1 aromatic rings. The fourth-order valence-corrected chi connectivity index (χ4v) is 1.17. The van der Waals surface area contributed by atoms with Crippen LogP contribution in [0.15, 0.2) is 43.0 Å². The van der Waals surface area contributed by atoms with Crippen LogP contribution in [-0.4, -0.2) is 0 Å². The van der Waals surface area contributed by atoms with E-state index in [9.17, 15) is 13.2 Å². The average molecular weight is 212 g/mol. The van der Waals surface area contributed by atoms with Gasteiger partial charge in [0.05, 0.1) is 5.56 Å². The van der Waals surface area contributed by atoms with E-state index in [0.29, 0.717) is 11.1 Å². The van der Waals surface area contributed by atoms with Crippen molar-refractivity contribution in [1.29, 1.82) is 0 Å². The first kappa shape index (κ1) is 11.6. The lowest BCUT2D eigenvalue weighted by atomic mass is 10.1. The highest BCUT2D eigenvalue weighted by Crippen LogP contribution is 2.29. The van der Waals surface area contributed by atoms with Gasteiger partial charge in [-0.3, -0.25) is 0 Å². The molecule has 0 spiro atoms. The minimum absolute atomic E-state index is 0.639. The van der Waals surface area contributed by atoms with E-state index >= 15 is 0 Å². The third-order valence-corrected chi connectivity index (χ3v) is 1.95. The fraction of sp³-hybridized carbons (Fsp3) is 0.167. The maximum absolute atomic E-state index is 12.2. The highest BCUT2D eigenvalue weighted by atomic mass is 19.4. The Bertz CT molecular complexity index is 369. The summed E-state index contributed by atoms with van der Waals surface area (Å²) in [6.45, 7) is 5.57. The fourth-order valence-electron chi connectivity index (χ4n) is 1.17. The maximum Gasteiger partial charge on any atom is 0.416 e. The predicted molar refractivity (Wildman–Crippen MR) is 55.3 cm³/mol. The quantitative estimate of drug-likeness (QED) is 0.641. The second kappa shape index (κ2) is 4.34. The minimum Gasteiger partial charge on any atom is -0.166 e. The van der Waals surface area contributed by atoms with E-state index in [-0.39, 0.29) is 0 Å². The van der Waals surface area contributed by atoms with Crippen LogP contribution in [0, 0.1) is 0 Å². The smallest absolute Gasteiger partial charge is 0.166 e. The highest BCUT2D eigenvalue weighted by Gasteiger charge is 2.29. The first-order valence-corrected chi connectivity index (χ1v) is 4.44. The lowest BCUT2D eigenvalue weighted by Crippen LogP contribution is -2.04. The SMILES string of the molecule is C=C(/C=C\C)c1ccc(C(F)(F)F)cc1. The summed E-state index contributed by atoms with van der Waals surface area (Å²) in [5, 5.41) is 0. The van der Waals surface area contributed by atoms with Crippen LogP contribution < -0.4 is 0 Å². The van der Waals surface area contributed by atoms with E-state index in [1.807, 2.05) is 6.92 Å². The van der Waals surface area contributed by atoms with Crippen LogP contribution in [0.25, 0.3) is 5.57 Å². The van der Waals surface area contributed by atoms with Crippen LogP contribution in [-0.2, 0) is 6.18 Å². The molecule has 0 N–H and O–H groups in total. The van der Waals surface area contributed by atoms with Crippen LogP contribution >= 0.6 is 0 Å². The number of allylic oxidation sites excluding steroid dienone is 3. The molecule has 0 saturated heterocycles. The molecule has 0 atom stereocenters. The predicted octanol–water partition coefficient (Wildman–Crippen LogP) is 4.29. The molecule has 0 bridgehead atoms. The molecule has 1 aromatic carbocycles. The molecule has 0 radical (unpaired) electrons. The third kappa shape index (κ3) is 2.98. The number of rotatable bonds is 2. The molecule has 0 aliphatic carbocycles. The lowest BCUT2D eigenvalue weighted by molar-refractivity contribution is -0.137. The largest absolute Gasteiger partial charge is 0.416 e. The van der Waals surface area contributed by atoms with Gasteiger partial charge >= 0.3 is 6.18 Å². The van der Waals surface area contributed by atoms with E-state index in [2.05, 4.69) is 6.58 Å². The van der Waals surface area contributed by atoms with E-state index < -0.39 is 11.7 Å². The van der Waals surface area contributed by atoms with E-state index in [1.165, 1.54) is 12.1 Å². The molecule has 80 valence electrons. The van der Waals surface area contributed by atoms with Gasteiger partial charge in [0.2, 0.25) is 0 Å². The minimum atomic E-state index is -4.28. The van der Waals surface area contributed by atoms with Gasteiger partial charge in [-0.2, -0.15) is 13.2 Å². The van der Waals surface area contributed by atoms with Gasteiger partial charge in [-0.1, -0.05) is 30.9 Å². The summed E-state index contributed by atoms with van der Waals surface area (Å²) in [7, 11) is 0. The molecule has 3 heteroatoms. The molecular formula is C12H11F3. The van der Waals surface area contributed by atoms with Crippen molar-refractivity contribution in [2.24, 2.45) is 0 Å². The molecule has 0 amide bonds. The first-order chi connectivity index (χ1) is 6.95. The average Bonchev–Trinajstić information content (AvgIpc) is 2.17. The second-order valence-electron chi connectivity index (χ2n) is 3.10. The van der Waals surface area contributed by atoms with Gasteiger partial charge in [-0.25, -0.2) is 0 Å². The summed E-state index contributed by atoms with van der Waals surface area (Å²) >= 11 is 0. The van der Waals surface area contributed by atoms with Crippen molar-refractivity contribution in [3.8, 4) is 0 Å². The molecular weight excluding hydrogens is 201 g/mol. The van der Waals surface area contributed by atoms with Crippen molar-refractivity contribution in [2.75, 3.05) is 0 Å². The molecule has 0 unspecified atom stereocenters. The Morgan fingerprint density at radius 1 is 1.20 bits per heavy atom. The third-order valence-electron chi connectivity index (χ3n) is 1.95. The maximum atomic E-state index is 12.2. The van der Waals surface area contributed by atoms with Crippen LogP contribution in [0.1, 0.15) is 18.1 Å². The highest BCUT2D eigenvalue weighted by molar-refractivity contribution is 5.71. The summed E-state index contributed by atoms with van der Waals surface area (Å²) in [6.07, 6.45) is -0.733. The van der Waals surface area contributed by atoms with Gasteiger partial charge in [0.15, 0.2) is 0 Å². The first-order valence-electron chi connectivity index (χ1n) is 4.44. The summed E-state index contributed by atoms with van der Waals surface area (Å²) in [6, 6.07) is 4.96. The van der Waals surface area contributed by atoms with Crippen LogP contribution in [0.4, 0.5) is 13.2 Å². The topological polar surface area (TPSA) is 0 Å². The van der Waals surface area contributed by atoms with Gasteiger partial charge in [-0.05, 0) is 30.2 Å². The Morgan fingerprint density at radius 3 is 2.13 bits per heavy atom. The Labute approximate surface area is 86.7 Å². The Morgan fingerprint density at radius 2 is 1.73 bits per heavy atom. The Balaban J connectivity index is 2.95. The van der Waals surface area contributed by atoms with E-state index in [0.717, 1.165) is 12.1 Å². The van der Waals surface area contributed by atoms with Crippen LogP contribution in [0.5, 0.6) is 0 Å². The summed E-state index contributed by atoms with van der Waals surface area (Å²) in [4.78, 5) is 0. The number of hydrogen-bond donors (Lipinski definition) is 0. The van der Waals surface area contributed by atoms with Gasteiger partial charge in [0, 0.05) is 0 Å². The van der Waals surface area contributed by atoms with E-state index in [4.69, 9.17) is 0 Å². The molecule has 0 aromatic heterocycles. The molecule has 0 saturated carbocycles. The Hall–Kier alpha value is -1.51. The summed E-state index contributed by atoms with van der Waals surface area (Å²) in [5.41, 5.74) is 0.756. The molecule has 1 rings (SSSR count). The molecule has 0 nitrogen and oxygen atoms in total. The normalized spacial score (nSPS) is 12.0. The van der Waals surface area contributed by atoms with Crippen molar-refractivity contribution in [3.63, 3.8) is 0 Å².